The molecule has 2 aromatic rings. The molecule has 2 rings (SSSR count). The van der Waals surface area contributed by atoms with Crippen LogP contribution in [0.1, 0.15) is 43.1 Å². The van der Waals surface area contributed by atoms with Crippen molar-refractivity contribution in [3.05, 3.63) is 63.9 Å². The Morgan fingerprint density at radius 1 is 1.20 bits per heavy atom. The van der Waals surface area contributed by atoms with Crippen LogP contribution in [0.2, 0.25) is 0 Å². The van der Waals surface area contributed by atoms with E-state index in [-0.39, 0.29) is 6.04 Å². The second-order valence-corrected chi connectivity index (χ2v) is 5.71. The Labute approximate surface area is 129 Å². The molecule has 1 N–H and O–H groups in total. The highest BCUT2D eigenvalue weighted by Gasteiger charge is 2.17. The Hall–Kier alpha value is -1.19. The lowest BCUT2D eigenvalue weighted by Crippen LogP contribution is -2.24. The van der Waals surface area contributed by atoms with Crippen molar-refractivity contribution in [3.63, 3.8) is 0 Å². The lowest BCUT2D eigenvalue weighted by Gasteiger charge is -2.20. The number of hydrogen-bond donors (Lipinski definition) is 1. The summed E-state index contributed by atoms with van der Waals surface area (Å²) in [6.07, 6.45) is 4.01. The van der Waals surface area contributed by atoms with Gasteiger partial charge in [-0.25, -0.2) is 0 Å². The lowest BCUT2D eigenvalue weighted by molar-refractivity contribution is 0.584. The van der Waals surface area contributed by atoms with Gasteiger partial charge < -0.3 is 5.32 Å². The van der Waals surface area contributed by atoms with Crippen LogP contribution in [0.15, 0.2) is 47.1 Å². The first kappa shape index (κ1) is 15.2. The number of halogens is 1. The molecule has 1 aromatic carbocycles. The topological polar surface area (TPSA) is 24.9 Å². The summed E-state index contributed by atoms with van der Waals surface area (Å²) >= 11 is 3.62. The molecule has 0 saturated carbocycles. The van der Waals surface area contributed by atoms with Crippen LogP contribution in [0.25, 0.3) is 0 Å². The van der Waals surface area contributed by atoms with E-state index in [1.54, 1.807) is 0 Å². The molecule has 3 heteroatoms. The molecular weight excluding hydrogens is 312 g/mol. The van der Waals surface area contributed by atoms with E-state index in [2.05, 4.69) is 64.3 Å². The summed E-state index contributed by atoms with van der Waals surface area (Å²) in [6, 6.07) is 12.9. The van der Waals surface area contributed by atoms with Gasteiger partial charge in [0.1, 0.15) is 0 Å². The number of pyridine rings is 1. The van der Waals surface area contributed by atoms with E-state index in [4.69, 9.17) is 0 Å². The molecule has 0 fully saturated rings. The van der Waals surface area contributed by atoms with Crippen molar-refractivity contribution in [2.45, 2.75) is 32.7 Å². The molecule has 0 amide bonds. The van der Waals surface area contributed by atoms with Gasteiger partial charge in [0, 0.05) is 10.7 Å². The average molecular weight is 333 g/mol. The fourth-order valence-electron chi connectivity index (χ4n) is 2.26. The molecule has 0 spiro atoms. The Morgan fingerprint density at radius 2 is 2.05 bits per heavy atom. The summed E-state index contributed by atoms with van der Waals surface area (Å²) in [7, 11) is 0. The Morgan fingerprint density at radius 3 is 2.75 bits per heavy atom. The largest absolute Gasteiger partial charge is 0.305 e. The van der Waals surface area contributed by atoms with Gasteiger partial charge >= 0.3 is 0 Å². The maximum absolute atomic E-state index is 4.55. The van der Waals surface area contributed by atoms with Gasteiger partial charge in [-0.1, -0.05) is 38.1 Å². The quantitative estimate of drug-likeness (QED) is 0.842. The third kappa shape index (κ3) is 3.68. The number of hydrogen-bond acceptors (Lipinski definition) is 2. The second kappa shape index (κ2) is 7.55. The molecule has 0 saturated heterocycles. The molecular formula is C17H21BrN2. The molecule has 0 aliphatic rings. The van der Waals surface area contributed by atoms with E-state index in [0.29, 0.717) is 0 Å². The zero-order valence-corrected chi connectivity index (χ0v) is 13.7. The fourth-order valence-corrected chi connectivity index (χ4v) is 2.75. The van der Waals surface area contributed by atoms with Crippen molar-refractivity contribution < 1.29 is 0 Å². The van der Waals surface area contributed by atoms with Crippen LogP contribution in [-0.4, -0.2) is 11.5 Å². The Bertz CT molecular complexity index is 554. The number of benzene rings is 1. The maximum Gasteiger partial charge on any atom is 0.0763 e. The third-order valence-electron chi connectivity index (χ3n) is 3.35. The van der Waals surface area contributed by atoms with E-state index in [1.165, 1.54) is 11.1 Å². The molecule has 0 radical (unpaired) electrons. The van der Waals surface area contributed by atoms with Crippen molar-refractivity contribution in [2.24, 2.45) is 0 Å². The zero-order chi connectivity index (χ0) is 14.4. The molecule has 0 bridgehead atoms. The van der Waals surface area contributed by atoms with Crippen molar-refractivity contribution in [1.82, 2.24) is 10.3 Å². The lowest BCUT2D eigenvalue weighted by atomic mass is 9.99. The van der Waals surface area contributed by atoms with Gasteiger partial charge in [-0.15, -0.1) is 0 Å². The minimum atomic E-state index is 0.136. The van der Waals surface area contributed by atoms with Gasteiger partial charge in [0.05, 0.1) is 11.7 Å². The summed E-state index contributed by atoms with van der Waals surface area (Å²) in [5.41, 5.74) is 3.68. The van der Waals surface area contributed by atoms with Gasteiger partial charge in [-0.05, 0) is 58.6 Å². The molecule has 1 atom stereocenters. The monoisotopic (exact) mass is 332 g/mol. The zero-order valence-electron chi connectivity index (χ0n) is 12.1. The van der Waals surface area contributed by atoms with Crippen LogP contribution < -0.4 is 5.32 Å². The molecule has 1 unspecified atom stereocenters. The predicted molar refractivity (Wildman–Crippen MR) is 87.9 cm³/mol. The van der Waals surface area contributed by atoms with Gasteiger partial charge in [-0.3, -0.25) is 4.98 Å². The number of aryl methyl sites for hydroxylation is 1. The minimum Gasteiger partial charge on any atom is -0.305 e. The molecule has 0 aliphatic heterocycles. The Kier molecular flexibility index (Phi) is 5.74. The molecule has 2 nitrogen and oxygen atoms in total. The van der Waals surface area contributed by atoms with E-state index in [1.807, 2.05) is 18.3 Å². The highest BCUT2D eigenvalue weighted by atomic mass is 79.9. The smallest absolute Gasteiger partial charge is 0.0763 e. The molecule has 1 heterocycles. The van der Waals surface area contributed by atoms with Crippen molar-refractivity contribution in [1.29, 1.82) is 0 Å². The van der Waals surface area contributed by atoms with Gasteiger partial charge in [0.2, 0.25) is 0 Å². The Balaban J connectivity index is 2.38. The third-order valence-corrected chi connectivity index (χ3v) is 4.02. The van der Waals surface area contributed by atoms with Crippen LogP contribution in [0.4, 0.5) is 0 Å². The SMILES string of the molecule is CCCNC(c1cccc(CC)c1)c1ncccc1Br. The molecule has 106 valence electrons. The molecule has 1 aromatic heterocycles. The van der Waals surface area contributed by atoms with Crippen molar-refractivity contribution >= 4 is 15.9 Å². The first-order chi connectivity index (χ1) is 9.76. The van der Waals surface area contributed by atoms with E-state index in [9.17, 15) is 0 Å². The summed E-state index contributed by atoms with van der Waals surface area (Å²) in [5.74, 6) is 0. The van der Waals surface area contributed by atoms with Gasteiger partial charge in [0.25, 0.3) is 0 Å². The summed E-state index contributed by atoms with van der Waals surface area (Å²) in [5, 5.41) is 3.60. The predicted octanol–water partition coefficient (Wildman–Crippen LogP) is 4.50. The first-order valence-corrected chi connectivity index (χ1v) is 7.98. The highest BCUT2D eigenvalue weighted by molar-refractivity contribution is 9.10. The van der Waals surface area contributed by atoms with Crippen LogP contribution in [0.3, 0.4) is 0 Å². The molecule has 0 aliphatic carbocycles. The van der Waals surface area contributed by atoms with Crippen molar-refractivity contribution in [2.75, 3.05) is 6.54 Å². The molecule has 20 heavy (non-hydrogen) atoms. The fraction of sp³-hybridized carbons (Fsp3) is 0.353. The summed E-state index contributed by atoms with van der Waals surface area (Å²) in [4.78, 5) is 4.55. The van der Waals surface area contributed by atoms with E-state index >= 15 is 0 Å². The van der Waals surface area contributed by atoms with E-state index < -0.39 is 0 Å². The summed E-state index contributed by atoms with van der Waals surface area (Å²) < 4.78 is 1.05. The first-order valence-electron chi connectivity index (χ1n) is 7.18. The number of nitrogens with one attached hydrogen (secondary N) is 1. The van der Waals surface area contributed by atoms with Crippen LogP contribution >= 0.6 is 15.9 Å². The van der Waals surface area contributed by atoms with Crippen molar-refractivity contribution in [3.8, 4) is 0 Å². The minimum absolute atomic E-state index is 0.136. The second-order valence-electron chi connectivity index (χ2n) is 4.86. The number of nitrogens with zero attached hydrogens (tertiary/aromatic N) is 1. The number of rotatable bonds is 6. The van der Waals surface area contributed by atoms with Gasteiger partial charge in [-0.2, -0.15) is 0 Å². The standard InChI is InChI=1S/C17H21BrN2/c1-3-10-19-16(17-15(18)9-6-11-20-17)14-8-5-7-13(4-2)12-14/h5-9,11-12,16,19H,3-4,10H2,1-2H3. The van der Waals surface area contributed by atoms with E-state index in [0.717, 1.165) is 29.6 Å². The summed E-state index contributed by atoms with van der Waals surface area (Å²) in [6.45, 7) is 5.34. The van der Waals surface area contributed by atoms with Gasteiger partial charge in [0.15, 0.2) is 0 Å². The van der Waals surface area contributed by atoms with Crippen LogP contribution in [0.5, 0.6) is 0 Å². The number of aromatic nitrogens is 1. The average Bonchev–Trinajstić information content (AvgIpc) is 2.49. The van der Waals surface area contributed by atoms with Crippen LogP contribution in [0, 0.1) is 0 Å². The highest BCUT2D eigenvalue weighted by Crippen LogP contribution is 2.27. The van der Waals surface area contributed by atoms with Crippen LogP contribution in [-0.2, 0) is 6.42 Å². The normalized spacial score (nSPS) is 12.3. The maximum atomic E-state index is 4.55.